The summed E-state index contributed by atoms with van der Waals surface area (Å²) in [6.07, 6.45) is 44.6. The van der Waals surface area contributed by atoms with Gasteiger partial charge in [0.05, 0.1) is 26.4 Å². The van der Waals surface area contributed by atoms with E-state index in [0.717, 1.165) is 115 Å². The predicted molar refractivity (Wildman–Crippen MR) is 367 cm³/mol. The van der Waals surface area contributed by atoms with E-state index in [0.29, 0.717) is 37.5 Å². The summed E-state index contributed by atoms with van der Waals surface area (Å²) in [4.78, 5) is 72.6. The zero-order valence-corrected chi connectivity index (χ0v) is 61.3. The van der Waals surface area contributed by atoms with E-state index >= 15 is 0 Å². The van der Waals surface area contributed by atoms with Crippen molar-refractivity contribution in [1.29, 1.82) is 0 Å². The summed E-state index contributed by atoms with van der Waals surface area (Å²) >= 11 is 0. The van der Waals surface area contributed by atoms with Crippen LogP contribution in [0.3, 0.4) is 0 Å². The molecular formula is C72H140O17P2. The van der Waals surface area contributed by atoms with Crippen LogP contribution in [0.5, 0.6) is 0 Å². The van der Waals surface area contributed by atoms with E-state index in [1.807, 2.05) is 0 Å². The van der Waals surface area contributed by atoms with E-state index in [1.165, 1.54) is 148 Å². The van der Waals surface area contributed by atoms with Gasteiger partial charge in [-0.05, 0) is 49.4 Å². The summed E-state index contributed by atoms with van der Waals surface area (Å²) in [6.45, 7) is 14.1. The van der Waals surface area contributed by atoms with Gasteiger partial charge in [0.1, 0.15) is 19.3 Å². The van der Waals surface area contributed by atoms with Crippen molar-refractivity contribution in [2.24, 2.45) is 23.7 Å². The number of aliphatic hydroxyl groups excluding tert-OH is 1. The number of phosphoric acid groups is 2. The van der Waals surface area contributed by atoms with Crippen LogP contribution in [0.4, 0.5) is 0 Å². The van der Waals surface area contributed by atoms with E-state index in [4.69, 9.17) is 37.0 Å². The smallest absolute Gasteiger partial charge is 0.462 e. The Morgan fingerprint density at radius 3 is 0.780 bits per heavy atom. The largest absolute Gasteiger partial charge is 0.472 e. The number of carbonyl (C=O) groups excluding carboxylic acids is 4. The van der Waals surface area contributed by atoms with Gasteiger partial charge in [-0.2, -0.15) is 0 Å². The van der Waals surface area contributed by atoms with E-state index in [-0.39, 0.29) is 25.7 Å². The fourth-order valence-corrected chi connectivity index (χ4v) is 12.4. The highest BCUT2D eigenvalue weighted by atomic mass is 31.2. The number of hydrogen-bond donors (Lipinski definition) is 3. The lowest BCUT2D eigenvalue weighted by Crippen LogP contribution is -2.30. The first-order valence-corrected chi connectivity index (χ1v) is 40.2. The van der Waals surface area contributed by atoms with E-state index < -0.39 is 97.5 Å². The first kappa shape index (κ1) is 89.1. The minimum atomic E-state index is -4.95. The van der Waals surface area contributed by atoms with Gasteiger partial charge < -0.3 is 33.8 Å². The highest BCUT2D eigenvalue weighted by Gasteiger charge is 2.30. The molecular weight excluding hydrogens is 1200 g/mol. The molecule has 3 unspecified atom stereocenters. The molecule has 0 aliphatic rings. The molecule has 6 atom stereocenters. The summed E-state index contributed by atoms with van der Waals surface area (Å²) in [5.41, 5.74) is 0. The van der Waals surface area contributed by atoms with Crippen LogP contribution in [0.15, 0.2) is 0 Å². The maximum absolute atomic E-state index is 13.0. The number of esters is 4. The van der Waals surface area contributed by atoms with E-state index in [1.54, 1.807) is 0 Å². The van der Waals surface area contributed by atoms with Crippen molar-refractivity contribution in [1.82, 2.24) is 0 Å². The molecule has 19 heteroatoms. The normalized spacial score (nSPS) is 14.5. The number of aliphatic hydroxyl groups is 1. The molecule has 91 heavy (non-hydrogen) atoms. The van der Waals surface area contributed by atoms with Crippen LogP contribution in [-0.4, -0.2) is 96.7 Å². The van der Waals surface area contributed by atoms with Gasteiger partial charge in [-0.1, -0.05) is 306 Å². The highest BCUT2D eigenvalue weighted by Crippen LogP contribution is 2.45. The van der Waals surface area contributed by atoms with Gasteiger partial charge >= 0.3 is 39.5 Å². The van der Waals surface area contributed by atoms with Crippen LogP contribution < -0.4 is 0 Å². The number of carbonyl (C=O) groups is 4. The fraction of sp³-hybridized carbons (Fsp3) is 0.944. The van der Waals surface area contributed by atoms with E-state index in [2.05, 4.69) is 55.4 Å². The standard InChI is InChI=1S/C72H140O17P2/c1-9-65(8)51-43-35-26-20-16-12-10-11-13-17-21-27-38-46-54-71(76)89-68(59-83-70(75)53-45-37-31-30-34-42-50-64(6)7)61-87-91(80,81)85-57-66(73)56-84-90(78,79)86-60-67(58-82-69(74)52-44-36-29-23-25-33-41-49-63(4)5)88-72(77)55-47-39-28-22-18-14-15-19-24-32-40-48-62(2)3/h62-68,73H,9-61H2,1-8H3,(H,78,79)(H,80,81)/t65?,66-,67-,68-/m1/s1. The van der Waals surface area contributed by atoms with Gasteiger partial charge in [0, 0.05) is 25.7 Å². The first-order valence-electron chi connectivity index (χ1n) is 37.2. The molecule has 0 aliphatic heterocycles. The quantitative estimate of drug-likeness (QED) is 0.0222. The molecule has 0 radical (unpaired) electrons. The van der Waals surface area contributed by atoms with Crippen molar-refractivity contribution < 1.29 is 80.2 Å². The number of rotatable bonds is 69. The molecule has 17 nitrogen and oxygen atoms in total. The number of ether oxygens (including phenoxy) is 4. The summed E-state index contributed by atoms with van der Waals surface area (Å²) in [6, 6.07) is 0. The average molecular weight is 1340 g/mol. The molecule has 540 valence electrons. The monoisotopic (exact) mass is 1340 g/mol. The Kier molecular flexibility index (Phi) is 60.3. The second kappa shape index (κ2) is 61.6. The third-order valence-corrected chi connectivity index (χ3v) is 18.8. The molecule has 0 spiro atoms. The van der Waals surface area contributed by atoms with Crippen molar-refractivity contribution >= 4 is 39.5 Å². The third kappa shape index (κ3) is 65.1. The average Bonchev–Trinajstić information content (AvgIpc) is 3.59. The lowest BCUT2D eigenvalue weighted by molar-refractivity contribution is -0.161. The molecule has 0 bridgehead atoms. The van der Waals surface area contributed by atoms with Crippen molar-refractivity contribution in [3.05, 3.63) is 0 Å². The maximum Gasteiger partial charge on any atom is 0.472 e. The second-order valence-corrected chi connectivity index (χ2v) is 30.6. The molecule has 0 aromatic rings. The van der Waals surface area contributed by atoms with Gasteiger partial charge in [-0.25, -0.2) is 9.13 Å². The van der Waals surface area contributed by atoms with E-state index in [9.17, 15) is 43.2 Å². The summed E-state index contributed by atoms with van der Waals surface area (Å²) in [7, 11) is -9.90. The molecule has 0 saturated carbocycles. The Labute approximate surface area is 556 Å². The highest BCUT2D eigenvalue weighted by molar-refractivity contribution is 7.47. The van der Waals surface area contributed by atoms with Gasteiger partial charge in [-0.15, -0.1) is 0 Å². The second-order valence-electron chi connectivity index (χ2n) is 27.6. The Morgan fingerprint density at radius 1 is 0.308 bits per heavy atom. The molecule has 0 aliphatic carbocycles. The molecule has 3 N–H and O–H groups in total. The van der Waals surface area contributed by atoms with Crippen LogP contribution in [-0.2, 0) is 65.4 Å². The predicted octanol–water partition coefficient (Wildman–Crippen LogP) is 20.5. The SMILES string of the molecule is CCC(C)CCCCCCCCCCCCCCCCC(=O)O[C@H](COC(=O)CCCCCCCCC(C)C)COP(=O)(O)OC[C@H](O)COP(=O)(O)OC[C@@H](COC(=O)CCCCCCCCCC(C)C)OC(=O)CCCCCCCCCCCCCC(C)C. The molecule has 0 saturated heterocycles. The zero-order valence-electron chi connectivity index (χ0n) is 59.5. The maximum atomic E-state index is 13.0. The van der Waals surface area contributed by atoms with Gasteiger partial charge in [-0.3, -0.25) is 37.3 Å². The zero-order chi connectivity index (χ0) is 67.5. The van der Waals surface area contributed by atoms with Crippen LogP contribution in [0, 0.1) is 23.7 Å². The summed E-state index contributed by atoms with van der Waals surface area (Å²) in [5, 5.41) is 10.6. The molecule has 0 aromatic carbocycles. The number of phosphoric ester groups is 2. The van der Waals surface area contributed by atoms with Crippen LogP contribution in [0.25, 0.3) is 0 Å². The number of hydrogen-bond acceptors (Lipinski definition) is 15. The Morgan fingerprint density at radius 2 is 0.527 bits per heavy atom. The molecule has 0 heterocycles. The molecule has 0 amide bonds. The van der Waals surface area contributed by atoms with Crippen molar-refractivity contribution in [2.75, 3.05) is 39.6 Å². The lowest BCUT2D eigenvalue weighted by Gasteiger charge is -2.21. The molecule has 0 aromatic heterocycles. The Balaban J connectivity index is 5.21. The van der Waals surface area contributed by atoms with Crippen LogP contribution in [0.1, 0.15) is 357 Å². The van der Waals surface area contributed by atoms with Gasteiger partial charge in [0.2, 0.25) is 0 Å². The van der Waals surface area contributed by atoms with Crippen molar-refractivity contribution in [3.63, 3.8) is 0 Å². The Hall–Kier alpha value is -1.94. The lowest BCUT2D eigenvalue weighted by atomic mass is 9.99. The summed E-state index contributed by atoms with van der Waals surface area (Å²) in [5.74, 6) is 0.866. The first-order chi connectivity index (χ1) is 43.6. The van der Waals surface area contributed by atoms with Gasteiger partial charge in [0.15, 0.2) is 12.2 Å². The topological polar surface area (TPSA) is 237 Å². The Bertz CT molecular complexity index is 1800. The minimum Gasteiger partial charge on any atom is -0.462 e. The third-order valence-electron chi connectivity index (χ3n) is 16.9. The number of unbranched alkanes of at least 4 members (excludes halogenated alkanes) is 34. The molecule has 0 fully saturated rings. The fourth-order valence-electron chi connectivity index (χ4n) is 10.8. The van der Waals surface area contributed by atoms with Crippen LogP contribution in [0.2, 0.25) is 0 Å². The van der Waals surface area contributed by atoms with Gasteiger partial charge in [0.25, 0.3) is 0 Å². The van der Waals surface area contributed by atoms with Crippen molar-refractivity contribution in [2.45, 2.75) is 375 Å². The molecule has 0 rings (SSSR count). The minimum absolute atomic E-state index is 0.105. The summed E-state index contributed by atoms with van der Waals surface area (Å²) < 4.78 is 68.3. The van der Waals surface area contributed by atoms with Crippen LogP contribution >= 0.6 is 15.6 Å². The van der Waals surface area contributed by atoms with Crippen molar-refractivity contribution in [3.8, 4) is 0 Å².